The fourth-order valence-corrected chi connectivity index (χ4v) is 1.84. The van der Waals surface area contributed by atoms with E-state index < -0.39 is 17.4 Å². The summed E-state index contributed by atoms with van der Waals surface area (Å²) in [7, 11) is 1.50. The normalized spacial score (nSPS) is 10.3. The topological polar surface area (TPSA) is 58.6 Å². The number of ether oxygens (including phenoxy) is 1. The Bertz CT molecular complexity index is 621. The van der Waals surface area contributed by atoms with Crippen molar-refractivity contribution in [3.63, 3.8) is 0 Å². The van der Waals surface area contributed by atoms with Crippen LogP contribution in [0.5, 0.6) is 5.75 Å². The molecular formula is C18H24N2O3. The summed E-state index contributed by atoms with van der Waals surface area (Å²) in [4.78, 5) is 24.8. The molecule has 0 fully saturated rings. The van der Waals surface area contributed by atoms with Crippen LogP contribution < -0.4 is 10.2 Å². The summed E-state index contributed by atoms with van der Waals surface area (Å²) in [6, 6.07) is 6.85. The number of carbonyl (C=O) groups is 2. The predicted molar refractivity (Wildman–Crippen MR) is 89.7 cm³/mol. The van der Waals surface area contributed by atoms with Gasteiger partial charge < -0.3 is 4.74 Å². The second-order valence-corrected chi connectivity index (χ2v) is 6.00. The number of carbonyl (C=O) groups excluding carboxylic acids is 2. The van der Waals surface area contributed by atoms with E-state index in [1.165, 1.54) is 12.1 Å². The second-order valence-electron chi connectivity index (χ2n) is 6.00. The Morgan fingerprint density at radius 1 is 1.26 bits per heavy atom. The zero-order chi connectivity index (χ0) is 17.5. The molecule has 124 valence electrons. The van der Waals surface area contributed by atoms with E-state index in [4.69, 9.17) is 4.74 Å². The summed E-state index contributed by atoms with van der Waals surface area (Å²) in [6.45, 7) is 7.48. The first kappa shape index (κ1) is 18.6. The van der Waals surface area contributed by atoms with E-state index in [9.17, 15) is 9.59 Å². The standard InChI is InChI=1S/C18H24N2O3/c1-6-7-8-13-16(21)20(18(2,3)4)19-17(22)14-11-9-10-12-15(14)23-5/h9-12H,6-7H2,1-5H3,(H,19,22). The molecular weight excluding hydrogens is 292 g/mol. The zero-order valence-electron chi connectivity index (χ0n) is 14.4. The Kier molecular flexibility index (Phi) is 6.65. The predicted octanol–water partition coefficient (Wildman–Crippen LogP) is 2.77. The van der Waals surface area contributed by atoms with Gasteiger partial charge in [-0.2, -0.15) is 0 Å². The number of unbranched alkanes of at least 4 members (excludes halogenated alkanes) is 1. The summed E-state index contributed by atoms with van der Waals surface area (Å²) in [5.74, 6) is 4.97. The van der Waals surface area contributed by atoms with Crippen molar-refractivity contribution in [3.05, 3.63) is 29.8 Å². The van der Waals surface area contributed by atoms with Crippen molar-refractivity contribution < 1.29 is 14.3 Å². The molecule has 5 heteroatoms. The highest BCUT2D eigenvalue weighted by Crippen LogP contribution is 2.18. The summed E-state index contributed by atoms with van der Waals surface area (Å²) in [5, 5.41) is 1.25. The largest absolute Gasteiger partial charge is 0.496 e. The Morgan fingerprint density at radius 2 is 1.91 bits per heavy atom. The molecule has 0 aliphatic heterocycles. The number of amides is 2. The van der Waals surface area contributed by atoms with E-state index >= 15 is 0 Å². The van der Waals surface area contributed by atoms with Gasteiger partial charge >= 0.3 is 5.91 Å². The molecule has 1 N–H and O–H groups in total. The van der Waals surface area contributed by atoms with Crippen LogP contribution in [-0.2, 0) is 4.79 Å². The van der Waals surface area contributed by atoms with Crippen LogP contribution in [0.4, 0.5) is 0 Å². The number of nitrogens with zero attached hydrogens (tertiary/aromatic N) is 1. The molecule has 0 unspecified atom stereocenters. The third kappa shape index (κ3) is 5.33. The van der Waals surface area contributed by atoms with Crippen LogP contribution in [0.1, 0.15) is 50.9 Å². The van der Waals surface area contributed by atoms with Crippen LogP contribution in [0, 0.1) is 11.8 Å². The molecule has 0 saturated carbocycles. The third-order valence-corrected chi connectivity index (χ3v) is 3.01. The lowest BCUT2D eigenvalue weighted by molar-refractivity contribution is -0.132. The maximum absolute atomic E-state index is 12.5. The average Bonchev–Trinajstić information content (AvgIpc) is 2.51. The van der Waals surface area contributed by atoms with Gasteiger partial charge in [0.1, 0.15) is 5.75 Å². The van der Waals surface area contributed by atoms with E-state index in [1.807, 2.05) is 27.7 Å². The minimum absolute atomic E-state index is 0.360. The minimum Gasteiger partial charge on any atom is -0.496 e. The van der Waals surface area contributed by atoms with Crippen molar-refractivity contribution in [2.75, 3.05) is 7.11 Å². The van der Waals surface area contributed by atoms with Gasteiger partial charge in [-0.05, 0) is 45.2 Å². The average molecular weight is 316 g/mol. The number of methoxy groups -OCH3 is 1. The Morgan fingerprint density at radius 3 is 2.48 bits per heavy atom. The Balaban J connectivity index is 3.01. The number of nitrogens with one attached hydrogen (secondary N) is 1. The van der Waals surface area contributed by atoms with E-state index in [2.05, 4.69) is 17.3 Å². The molecule has 1 aromatic carbocycles. The van der Waals surface area contributed by atoms with Crippen LogP contribution in [-0.4, -0.2) is 29.5 Å². The molecule has 0 atom stereocenters. The van der Waals surface area contributed by atoms with Gasteiger partial charge in [0.15, 0.2) is 0 Å². The van der Waals surface area contributed by atoms with E-state index in [0.717, 1.165) is 6.42 Å². The van der Waals surface area contributed by atoms with Gasteiger partial charge in [0.2, 0.25) is 0 Å². The molecule has 0 heterocycles. The monoisotopic (exact) mass is 316 g/mol. The fraction of sp³-hybridized carbons (Fsp3) is 0.444. The van der Waals surface area contributed by atoms with Gasteiger partial charge in [0.05, 0.1) is 18.2 Å². The fourth-order valence-electron chi connectivity index (χ4n) is 1.84. The molecule has 1 rings (SSSR count). The van der Waals surface area contributed by atoms with Crippen molar-refractivity contribution in [1.82, 2.24) is 10.4 Å². The number of rotatable bonds is 3. The molecule has 0 aliphatic rings. The van der Waals surface area contributed by atoms with Crippen molar-refractivity contribution in [2.45, 2.75) is 46.1 Å². The minimum atomic E-state index is -0.602. The summed E-state index contributed by atoms with van der Waals surface area (Å²) < 4.78 is 5.18. The summed E-state index contributed by atoms with van der Waals surface area (Å²) in [5.41, 5.74) is 2.40. The molecule has 0 radical (unpaired) electrons. The molecule has 0 spiro atoms. The van der Waals surface area contributed by atoms with Crippen molar-refractivity contribution in [3.8, 4) is 17.6 Å². The summed E-state index contributed by atoms with van der Waals surface area (Å²) in [6.07, 6.45) is 1.52. The number of hydrazine groups is 1. The third-order valence-electron chi connectivity index (χ3n) is 3.01. The quantitative estimate of drug-likeness (QED) is 0.689. The highest BCUT2D eigenvalue weighted by Gasteiger charge is 2.28. The lowest BCUT2D eigenvalue weighted by atomic mass is 10.1. The molecule has 5 nitrogen and oxygen atoms in total. The molecule has 0 aliphatic carbocycles. The van der Waals surface area contributed by atoms with Crippen LogP contribution in [0.2, 0.25) is 0 Å². The molecule has 1 aromatic rings. The smallest absolute Gasteiger partial charge is 0.317 e. The SMILES string of the molecule is CCCC#CC(=O)N(NC(=O)c1ccccc1OC)C(C)(C)C. The number of para-hydroxylation sites is 1. The molecule has 2 amide bonds. The van der Waals surface area contributed by atoms with Gasteiger partial charge in [0.25, 0.3) is 5.91 Å². The Labute approximate surface area is 138 Å². The van der Waals surface area contributed by atoms with Gasteiger partial charge in [-0.3, -0.25) is 15.0 Å². The van der Waals surface area contributed by atoms with Gasteiger partial charge in [0, 0.05) is 6.42 Å². The van der Waals surface area contributed by atoms with Crippen LogP contribution >= 0.6 is 0 Å². The maximum Gasteiger partial charge on any atom is 0.317 e. The van der Waals surface area contributed by atoms with Crippen LogP contribution in [0.3, 0.4) is 0 Å². The van der Waals surface area contributed by atoms with Crippen LogP contribution in [0.25, 0.3) is 0 Å². The van der Waals surface area contributed by atoms with Gasteiger partial charge in [-0.1, -0.05) is 25.0 Å². The molecule has 0 saturated heterocycles. The molecule has 0 bridgehead atoms. The zero-order valence-corrected chi connectivity index (χ0v) is 14.4. The van der Waals surface area contributed by atoms with Crippen LogP contribution in [0.15, 0.2) is 24.3 Å². The van der Waals surface area contributed by atoms with Crippen molar-refractivity contribution >= 4 is 11.8 Å². The van der Waals surface area contributed by atoms with Crippen molar-refractivity contribution in [2.24, 2.45) is 0 Å². The number of hydrogen-bond acceptors (Lipinski definition) is 3. The van der Waals surface area contributed by atoms with Crippen molar-refractivity contribution in [1.29, 1.82) is 0 Å². The van der Waals surface area contributed by atoms with Gasteiger partial charge in [-0.25, -0.2) is 5.01 Å². The summed E-state index contributed by atoms with van der Waals surface area (Å²) >= 11 is 0. The lowest BCUT2D eigenvalue weighted by Gasteiger charge is -2.34. The van der Waals surface area contributed by atoms with E-state index in [0.29, 0.717) is 17.7 Å². The number of benzene rings is 1. The van der Waals surface area contributed by atoms with Gasteiger partial charge in [-0.15, -0.1) is 0 Å². The molecule has 0 aromatic heterocycles. The Hall–Kier alpha value is -2.48. The number of hydrogen-bond donors (Lipinski definition) is 1. The highest BCUT2D eigenvalue weighted by atomic mass is 16.5. The highest BCUT2D eigenvalue weighted by molar-refractivity contribution is 6.00. The second kappa shape index (κ2) is 8.23. The maximum atomic E-state index is 12.5. The first-order chi connectivity index (χ1) is 10.8. The van der Waals surface area contributed by atoms with E-state index in [-0.39, 0.29) is 0 Å². The first-order valence-corrected chi connectivity index (χ1v) is 7.58. The first-order valence-electron chi connectivity index (χ1n) is 7.58. The molecule has 23 heavy (non-hydrogen) atoms. The van der Waals surface area contributed by atoms with E-state index in [1.54, 1.807) is 24.3 Å². The lowest BCUT2D eigenvalue weighted by Crippen LogP contribution is -2.55.